The number of aryl methyl sites for hydroxylation is 1. The molecule has 2 heterocycles. The number of amides is 2. The van der Waals surface area contributed by atoms with Gasteiger partial charge in [-0.1, -0.05) is 71.4 Å². The van der Waals surface area contributed by atoms with E-state index >= 15 is 0 Å². The van der Waals surface area contributed by atoms with Crippen LogP contribution in [0.4, 0.5) is 5.69 Å². The fraction of sp³-hybridized carbons (Fsp3) is 0.161. The first-order chi connectivity index (χ1) is 19.4. The second-order valence-electron chi connectivity index (χ2n) is 9.29. The lowest BCUT2D eigenvalue weighted by molar-refractivity contribution is -0.128. The summed E-state index contributed by atoms with van der Waals surface area (Å²) >= 11 is 7.23. The quantitative estimate of drug-likeness (QED) is 0.177. The number of furan rings is 1. The summed E-state index contributed by atoms with van der Waals surface area (Å²) in [5.74, 6) is 0.818. The summed E-state index contributed by atoms with van der Waals surface area (Å²) in [6, 6.07) is 28.5. The van der Waals surface area contributed by atoms with Crippen LogP contribution in [0.5, 0.6) is 0 Å². The SMILES string of the molecule is Cc1ccc(NC(=O)CC2S/C(=N\N=C\c3ccc(-c4ccc(Cl)cc4)o3)N(CCc3ccccc3)C2=O)cc1. The van der Waals surface area contributed by atoms with Gasteiger partial charge in [-0.2, -0.15) is 5.10 Å². The van der Waals surface area contributed by atoms with Crippen molar-refractivity contribution in [1.82, 2.24) is 4.90 Å². The number of carbonyl (C=O) groups is 2. The maximum Gasteiger partial charge on any atom is 0.242 e. The summed E-state index contributed by atoms with van der Waals surface area (Å²) in [6.45, 7) is 2.42. The van der Waals surface area contributed by atoms with Crippen molar-refractivity contribution in [2.24, 2.45) is 10.2 Å². The zero-order chi connectivity index (χ0) is 27.9. The topological polar surface area (TPSA) is 87.3 Å². The van der Waals surface area contributed by atoms with Crippen LogP contribution in [0.3, 0.4) is 0 Å². The van der Waals surface area contributed by atoms with Crippen molar-refractivity contribution in [3.05, 3.63) is 113 Å². The number of amidine groups is 1. The first-order valence-corrected chi connectivity index (χ1v) is 14.1. The van der Waals surface area contributed by atoms with Crippen LogP contribution in [0.15, 0.2) is 106 Å². The molecule has 0 spiro atoms. The number of hydrogen-bond acceptors (Lipinski definition) is 6. The zero-order valence-electron chi connectivity index (χ0n) is 21.8. The third-order valence-electron chi connectivity index (χ3n) is 6.28. The summed E-state index contributed by atoms with van der Waals surface area (Å²) in [5, 5.41) is 12.0. The monoisotopic (exact) mass is 570 g/mol. The summed E-state index contributed by atoms with van der Waals surface area (Å²) in [4.78, 5) is 27.7. The lowest BCUT2D eigenvalue weighted by atomic mass is 10.1. The molecule has 0 saturated carbocycles. The molecule has 0 bridgehead atoms. The van der Waals surface area contributed by atoms with E-state index in [0.717, 1.165) is 16.7 Å². The Balaban J connectivity index is 1.29. The Kier molecular flexibility index (Phi) is 8.78. The van der Waals surface area contributed by atoms with E-state index in [4.69, 9.17) is 16.0 Å². The number of halogens is 1. The van der Waals surface area contributed by atoms with E-state index in [0.29, 0.717) is 40.4 Å². The average Bonchev–Trinajstić information content (AvgIpc) is 3.54. The van der Waals surface area contributed by atoms with Crippen LogP contribution in [-0.2, 0) is 16.0 Å². The number of thioether (sulfide) groups is 1. The lowest BCUT2D eigenvalue weighted by Crippen LogP contribution is -2.35. The van der Waals surface area contributed by atoms with Gasteiger partial charge >= 0.3 is 0 Å². The Morgan fingerprint density at radius 3 is 2.52 bits per heavy atom. The highest BCUT2D eigenvalue weighted by Gasteiger charge is 2.39. The molecule has 40 heavy (non-hydrogen) atoms. The van der Waals surface area contributed by atoms with E-state index in [1.807, 2.05) is 79.7 Å². The first kappa shape index (κ1) is 27.4. The van der Waals surface area contributed by atoms with Gasteiger partial charge < -0.3 is 9.73 Å². The minimum absolute atomic E-state index is 0.0323. The molecule has 7 nitrogen and oxygen atoms in total. The Morgan fingerprint density at radius 2 is 1.77 bits per heavy atom. The number of carbonyl (C=O) groups excluding carboxylic acids is 2. The highest BCUT2D eigenvalue weighted by atomic mass is 35.5. The molecular formula is C31H27ClN4O3S. The van der Waals surface area contributed by atoms with E-state index in [9.17, 15) is 9.59 Å². The van der Waals surface area contributed by atoms with Gasteiger partial charge in [0.2, 0.25) is 11.8 Å². The summed E-state index contributed by atoms with van der Waals surface area (Å²) in [7, 11) is 0. The molecule has 1 fully saturated rings. The minimum atomic E-state index is -0.588. The number of benzene rings is 3. The molecule has 4 aromatic rings. The zero-order valence-corrected chi connectivity index (χ0v) is 23.4. The molecule has 0 aliphatic carbocycles. The Morgan fingerprint density at radius 1 is 1.02 bits per heavy atom. The average molecular weight is 571 g/mol. The normalized spacial score (nSPS) is 16.2. The van der Waals surface area contributed by atoms with Crippen molar-refractivity contribution >= 4 is 52.2 Å². The minimum Gasteiger partial charge on any atom is -0.455 e. The molecule has 1 aliphatic heterocycles. The summed E-state index contributed by atoms with van der Waals surface area (Å²) in [6.07, 6.45) is 2.19. The van der Waals surface area contributed by atoms with Crippen LogP contribution in [0.25, 0.3) is 11.3 Å². The van der Waals surface area contributed by atoms with Gasteiger partial charge in [-0.25, -0.2) is 0 Å². The van der Waals surface area contributed by atoms with Crippen molar-refractivity contribution in [3.8, 4) is 11.3 Å². The second-order valence-corrected chi connectivity index (χ2v) is 10.9. The van der Waals surface area contributed by atoms with E-state index < -0.39 is 5.25 Å². The van der Waals surface area contributed by atoms with Crippen LogP contribution in [0.1, 0.15) is 23.3 Å². The standard InChI is InChI=1S/C31H27ClN4O3S/c1-21-7-13-25(14-8-21)34-29(37)19-28-30(38)36(18-17-22-5-3-2-4-6-22)31(40-28)35-33-20-26-15-16-27(39-26)23-9-11-24(32)12-10-23/h2-16,20,28H,17-19H2,1H3,(H,34,37)/b33-20+,35-31-. The molecule has 1 atom stereocenters. The fourth-order valence-electron chi connectivity index (χ4n) is 4.15. The molecule has 9 heteroatoms. The van der Waals surface area contributed by atoms with Gasteiger partial charge in [0, 0.05) is 29.2 Å². The fourth-order valence-corrected chi connectivity index (χ4v) is 5.40. The van der Waals surface area contributed by atoms with Gasteiger partial charge in [-0.05, 0) is 67.4 Å². The molecule has 1 saturated heterocycles. The number of rotatable bonds is 9. The predicted molar refractivity (Wildman–Crippen MR) is 162 cm³/mol. The van der Waals surface area contributed by atoms with Crippen molar-refractivity contribution < 1.29 is 14.0 Å². The van der Waals surface area contributed by atoms with Crippen molar-refractivity contribution in [2.45, 2.75) is 25.0 Å². The Hall–Kier alpha value is -4.14. The number of nitrogens with one attached hydrogen (secondary N) is 1. The third kappa shape index (κ3) is 7.08. The van der Waals surface area contributed by atoms with Crippen LogP contribution in [-0.4, -0.2) is 39.9 Å². The van der Waals surface area contributed by atoms with E-state index in [1.54, 1.807) is 23.1 Å². The Labute approximate surface area is 241 Å². The number of nitrogens with zero attached hydrogens (tertiary/aromatic N) is 3. The molecule has 1 unspecified atom stereocenters. The molecule has 202 valence electrons. The molecule has 2 amide bonds. The van der Waals surface area contributed by atoms with E-state index in [2.05, 4.69) is 15.5 Å². The predicted octanol–water partition coefficient (Wildman–Crippen LogP) is 6.81. The van der Waals surface area contributed by atoms with Crippen molar-refractivity contribution in [1.29, 1.82) is 0 Å². The third-order valence-corrected chi connectivity index (χ3v) is 7.69. The van der Waals surface area contributed by atoms with Crippen LogP contribution in [0, 0.1) is 6.92 Å². The largest absolute Gasteiger partial charge is 0.455 e. The van der Waals surface area contributed by atoms with Gasteiger partial charge in [0.1, 0.15) is 16.8 Å². The maximum atomic E-state index is 13.4. The van der Waals surface area contributed by atoms with Crippen LogP contribution in [0.2, 0.25) is 5.02 Å². The molecular weight excluding hydrogens is 544 g/mol. The van der Waals surface area contributed by atoms with Gasteiger partial charge in [0.25, 0.3) is 0 Å². The van der Waals surface area contributed by atoms with E-state index in [-0.39, 0.29) is 18.2 Å². The van der Waals surface area contributed by atoms with Crippen molar-refractivity contribution in [2.75, 3.05) is 11.9 Å². The summed E-state index contributed by atoms with van der Waals surface area (Å²) < 4.78 is 5.86. The molecule has 1 aliphatic rings. The first-order valence-electron chi connectivity index (χ1n) is 12.8. The van der Waals surface area contributed by atoms with Gasteiger partial charge in [0.05, 0.1) is 6.21 Å². The highest BCUT2D eigenvalue weighted by Crippen LogP contribution is 2.30. The smallest absolute Gasteiger partial charge is 0.242 e. The van der Waals surface area contributed by atoms with Crippen LogP contribution >= 0.6 is 23.4 Å². The van der Waals surface area contributed by atoms with Gasteiger partial charge in [0.15, 0.2) is 5.17 Å². The number of hydrogen-bond donors (Lipinski definition) is 1. The van der Waals surface area contributed by atoms with E-state index in [1.165, 1.54) is 18.0 Å². The molecule has 3 aromatic carbocycles. The molecule has 5 rings (SSSR count). The number of anilines is 1. The van der Waals surface area contributed by atoms with Crippen LogP contribution < -0.4 is 5.32 Å². The Bertz CT molecular complexity index is 1530. The van der Waals surface area contributed by atoms with Crippen molar-refractivity contribution in [3.63, 3.8) is 0 Å². The lowest BCUT2D eigenvalue weighted by Gasteiger charge is -2.15. The molecule has 0 radical (unpaired) electrons. The highest BCUT2D eigenvalue weighted by molar-refractivity contribution is 8.15. The maximum absolute atomic E-state index is 13.4. The van der Waals surface area contributed by atoms with Gasteiger partial charge in [-0.3, -0.25) is 14.5 Å². The molecule has 1 aromatic heterocycles. The van der Waals surface area contributed by atoms with Gasteiger partial charge in [-0.15, -0.1) is 5.10 Å². The second kappa shape index (κ2) is 12.8. The summed E-state index contributed by atoms with van der Waals surface area (Å²) in [5.41, 5.74) is 3.80. The molecule has 1 N–H and O–H groups in total.